The molecule has 102 valence electrons. The molecule has 0 atom stereocenters. The maximum Gasteiger partial charge on any atom is 0.335 e. The maximum absolute atomic E-state index is 12.2. The van der Waals surface area contributed by atoms with E-state index in [0.717, 1.165) is 31.2 Å². The van der Waals surface area contributed by atoms with E-state index in [1.54, 1.807) is 19.1 Å². The van der Waals surface area contributed by atoms with Crippen LogP contribution in [-0.4, -0.2) is 22.5 Å². The molecule has 0 unspecified atom stereocenters. The SMILES string of the molecule is Cc1cc(C(=O)O)cc(C(=O)NC2(C)CCCC2)c1. The van der Waals surface area contributed by atoms with Crippen molar-refractivity contribution in [3.63, 3.8) is 0 Å². The van der Waals surface area contributed by atoms with Crippen molar-refractivity contribution in [1.29, 1.82) is 0 Å². The molecule has 2 rings (SSSR count). The molecule has 19 heavy (non-hydrogen) atoms. The van der Waals surface area contributed by atoms with Gasteiger partial charge >= 0.3 is 5.97 Å². The predicted octanol–water partition coefficient (Wildman–Crippen LogP) is 2.76. The number of aromatic carboxylic acids is 1. The minimum Gasteiger partial charge on any atom is -0.478 e. The van der Waals surface area contributed by atoms with Gasteiger partial charge in [-0.25, -0.2) is 4.79 Å². The average Bonchev–Trinajstić information content (AvgIpc) is 2.74. The first kappa shape index (κ1) is 13.6. The van der Waals surface area contributed by atoms with Gasteiger partial charge in [-0.05, 0) is 50.5 Å². The summed E-state index contributed by atoms with van der Waals surface area (Å²) in [6.07, 6.45) is 4.22. The average molecular weight is 261 g/mol. The highest BCUT2D eigenvalue weighted by molar-refractivity contribution is 5.98. The fraction of sp³-hybridized carbons (Fsp3) is 0.467. The van der Waals surface area contributed by atoms with Gasteiger partial charge in [-0.3, -0.25) is 4.79 Å². The fourth-order valence-corrected chi connectivity index (χ4v) is 2.66. The summed E-state index contributed by atoms with van der Waals surface area (Å²) in [4.78, 5) is 23.2. The molecular formula is C15H19NO3. The van der Waals surface area contributed by atoms with E-state index in [0.29, 0.717) is 5.56 Å². The summed E-state index contributed by atoms with van der Waals surface area (Å²) in [6.45, 7) is 3.84. The minimum absolute atomic E-state index is 0.149. The van der Waals surface area contributed by atoms with Crippen LogP contribution < -0.4 is 5.32 Å². The number of carbonyl (C=O) groups excluding carboxylic acids is 1. The Labute approximate surface area is 112 Å². The van der Waals surface area contributed by atoms with E-state index >= 15 is 0 Å². The van der Waals surface area contributed by atoms with Gasteiger partial charge < -0.3 is 10.4 Å². The van der Waals surface area contributed by atoms with Crippen molar-refractivity contribution < 1.29 is 14.7 Å². The molecule has 0 radical (unpaired) electrons. The van der Waals surface area contributed by atoms with Crippen molar-refractivity contribution in [3.05, 3.63) is 34.9 Å². The molecule has 0 aliphatic heterocycles. The Morgan fingerprint density at radius 2 is 1.74 bits per heavy atom. The molecule has 0 spiro atoms. The number of nitrogens with one attached hydrogen (secondary N) is 1. The highest BCUT2D eigenvalue weighted by Crippen LogP contribution is 2.29. The second-order valence-corrected chi connectivity index (χ2v) is 5.61. The number of hydrogen-bond acceptors (Lipinski definition) is 2. The highest BCUT2D eigenvalue weighted by atomic mass is 16.4. The summed E-state index contributed by atoms with van der Waals surface area (Å²) in [5, 5.41) is 12.1. The van der Waals surface area contributed by atoms with Gasteiger partial charge in [0.1, 0.15) is 0 Å². The van der Waals surface area contributed by atoms with Crippen LogP contribution in [0.1, 0.15) is 58.9 Å². The molecule has 4 nitrogen and oxygen atoms in total. The molecular weight excluding hydrogens is 242 g/mol. The van der Waals surface area contributed by atoms with Crippen molar-refractivity contribution in [2.24, 2.45) is 0 Å². The van der Waals surface area contributed by atoms with Crippen LogP contribution in [0.4, 0.5) is 0 Å². The summed E-state index contributed by atoms with van der Waals surface area (Å²) >= 11 is 0. The van der Waals surface area contributed by atoms with Crippen LogP contribution in [0.3, 0.4) is 0 Å². The third-order valence-electron chi connectivity index (χ3n) is 3.71. The molecule has 0 saturated heterocycles. The molecule has 0 bridgehead atoms. The first-order valence-electron chi connectivity index (χ1n) is 6.57. The standard InChI is InChI=1S/C15H19NO3/c1-10-7-11(9-12(8-10)14(18)19)13(17)16-15(2)5-3-4-6-15/h7-9H,3-6H2,1-2H3,(H,16,17)(H,18,19). The lowest BCUT2D eigenvalue weighted by molar-refractivity contribution is 0.0696. The van der Waals surface area contributed by atoms with E-state index in [9.17, 15) is 9.59 Å². The number of amides is 1. The summed E-state index contributed by atoms with van der Waals surface area (Å²) in [5.74, 6) is -1.19. The number of hydrogen-bond donors (Lipinski definition) is 2. The first-order chi connectivity index (χ1) is 8.89. The normalized spacial score (nSPS) is 17.2. The molecule has 1 aromatic rings. The van der Waals surface area contributed by atoms with Crippen LogP contribution in [-0.2, 0) is 0 Å². The van der Waals surface area contributed by atoms with E-state index in [1.807, 2.05) is 6.92 Å². The predicted molar refractivity (Wildman–Crippen MR) is 72.5 cm³/mol. The van der Waals surface area contributed by atoms with Crippen LogP contribution in [0.15, 0.2) is 18.2 Å². The zero-order chi connectivity index (χ0) is 14.0. The molecule has 4 heteroatoms. The van der Waals surface area contributed by atoms with Crippen molar-refractivity contribution in [2.45, 2.75) is 45.1 Å². The number of carbonyl (C=O) groups is 2. The smallest absolute Gasteiger partial charge is 0.335 e. The van der Waals surface area contributed by atoms with Crippen molar-refractivity contribution in [2.75, 3.05) is 0 Å². The maximum atomic E-state index is 12.2. The summed E-state index contributed by atoms with van der Waals surface area (Å²) in [6, 6.07) is 4.72. The molecule has 1 aliphatic rings. The summed E-state index contributed by atoms with van der Waals surface area (Å²) in [5.41, 5.74) is 1.21. The van der Waals surface area contributed by atoms with Crippen LogP contribution in [0.25, 0.3) is 0 Å². The van der Waals surface area contributed by atoms with E-state index < -0.39 is 5.97 Å². The molecule has 1 aromatic carbocycles. The van der Waals surface area contributed by atoms with Gasteiger partial charge in [0.2, 0.25) is 0 Å². The Morgan fingerprint density at radius 1 is 1.16 bits per heavy atom. The third-order valence-corrected chi connectivity index (χ3v) is 3.71. The van der Waals surface area contributed by atoms with Crippen LogP contribution >= 0.6 is 0 Å². The number of carboxylic acids is 1. The lowest BCUT2D eigenvalue weighted by atomic mass is 9.99. The van der Waals surface area contributed by atoms with Gasteiger partial charge in [0.15, 0.2) is 0 Å². The largest absolute Gasteiger partial charge is 0.478 e. The third kappa shape index (κ3) is 3.13. The molecule has 1 fully saturated rings. The van der Waals surface area contributed by atoms with Gasteiger partial charge in [-0.1, -0.05) is 12.8 Å². The molecule has 0 aromatic heterocycles. The number of aryl methyl sites for hydroxylation is 1. The van der Waals surface area contributed by atoms with Gasteiger partial charge in [0.05, 0.1) is 5.56 Å². The Kier molecular flexibility index (Phi) is 3.60. The van der Waals surface area contributed by atoms with Crippen LogP contribution in [0, 0.1) is 6.92 Å². The number of rotatable bonds is 3. The number of carboxylic acid groups (broad SMARTS) is 1. The van der Waals surface area contributed by atoms with Gasteiger partial charge in [-0.15, -0.1) is 0 Å². The first-order valence-corrected chi connectivity index (χ1v) is 6.57. The highest BCUT2D eigenvalue weighted by Gasteiger charge is 2.30. The van der Waals surface area contributed by atoms with E-state index in [4.69, 9.17) is 5.11 Å². The second-order valence-electron chi connectivity index (χ2n) is 5.61. The minimum atomic E-state index is -1.01. The molecule has 0 heterocycles. The lowest BCUT2D eigenvalue weighted by Crippen LogP contribution is -2.43. The zero-order valence-corrected chi connectivity index (χ0v) is 11.3. The van der Waals surface area contributed by atoms with Crippen molar-refractivity contribution >= 4 is 11.9 Å². The Morgan fingerprint density at radius 3 is 2.32 bits per heavy atom. The Bertz CT molecular complexity index is 516. The van der Waals surface area contributed by atoms with E-state index in [-0.39, 0.29) is 17.0 Å². The molecule has 1 aliphatic carbocycles. The number of benzene rings is 1. The van der Waals surface area contributed by atoms with E-state index in [1.165, 1.54) is 6.07 Å². The molecule has 1 saturated carbocycles. The van der Waals surface area contributed by atoms with Crippen molar-refractivity contribution in [1.82, 2.24) is 5.32 Å². The Balaban J connectivity index is 2.21. The van der Waals surface area contributed by atoms with Crippen LogP contribution in [0.5, 0.6) is 0 Å². The quantitative estimate of drug-likeness (QED) is 0.879. The van der Waals surface area contributed by atoms with Crippen LogP contribution in [0.2, 0.25) is 0 Å². The topological polar surface area (TPSA) is 66.4 Å². The monoisotopic (exact) mass is 261 g/mol. The Hall–Kier alpha value is -1.84. The van der Waals surface area contributed by atoms with Gasteiger partial charge in [0, 0.05) is 11.1 Å². The fourth-order valence-electron chi connectivity index (χ4n) is 2.66. The van der Waals surface area contributed by atoms with E-state index in [2.05, 4.69) is 5.32 Å². The second kappa shape index (κ2) is 5.03. The molecule has 1 amide bonds. The lowest BCUT2D eigenvalue weighted by Gasteiger charge is -2.25. The zero-order valence-electron chi connectivity index (χ0n) is 11.3. The summed E-state index contributed by atoms with van der Waals surface area (Å²) in [7, 11) is 0. The van der Waals surface area contributed by atoms with Gasteiger partial charge in [-0.2, -0.15) is 0 Å². The molecule has 2 N–H and O–H groups in total. The summed E-state index contributed by atoms with van der Waals surface area (Å²) < 4.78 is 0. The van der Waals surface area contributed by atoms with Gasteiger partial charge in [0.25, 0.3) is 5.91 Å². The van der Waals surface area contributed by atoms with Crippen molar-refractivity contribution in [3.8, 4) is 0 Å².